The molecular formula is C12H26N4O3S. The van der Waals surface area contributed by atoms with Crippen LogP contribution in [0.15, 0.2) is 5.16 Å². The molecule has 1 fully saturated rings. The van der Waals surface area contributed by atoms with E-state index in [9.17, 15) is 8.42 Å². The Hall–Kier alpha value is -0.860. The molecule has 0 aliphatic carbocycles. The number of nitrogens with zero attached hydrogens (tertiary/aromatic N) is 3. The summed E-state index contributed by atoms with van der Waals surface area (Å²) in [7, 11) is -2.91. The molecule has 3 N–H and O–H groups in total. The Kier molecular flexibility index (Phi) is 5.79. The minimum atomic E-state index is -2.91. The average molecular weight is 306 g/mol. The van der Waals surface area contributed by atoms with Gasteiger partial charge >= 0.3 is 0 Å². The number of nitrogens with two attached hydrogens (primary N) is 1. The monoisotopic (exact) mass is 306 g/mol. The van der Waals surface area contributed by atoms with Gasteiger partial charge in [-0.25, -0.2) is 8.42 Å². The van der Waals surface area contributed by atoms with E-state index in [1.165, 1.54) is 0 Å². The number of oxime groups is 1. The van der Waals surface area contributed by atoms with Crippen LogP contribution in [0.4, 0.5) is 0 Å². The second-order valence-electron chi connectivity index (χ2n) is 5.61. The molecule has 0 spiro atoms. The highest BCUT2D eigenvalue weighted by molar-refractivity contribution is 7.91. The summed E-state index contributed by atoms with van der Waals surface area (Å²) in [4.78, 5) is 4.29. The van der Waals surface area contributed by atoms with Crippen LogP contribution in [0.3, 0.4) is 0 Å². The lowest BCUT2D eigenvalue weighted by Crippen LogP contribution is -2.60. The van der Waals surface area contributed by atoms with E-state index in [0.717, 1.165) is 26.2 Å². The highest BCUT2D eigenvalue weighted by Gasteiger charge is 2.33. The van der Waals surface area contributed by atoms with Crippen molar-refractivity contribution in [3.8, 4) is 0 Å². The molecule has 0 aromatic heterocycles. The van der Waals surface area contributed by atoms with Gasteiger partial charge in [-0.1, -0.05) is 12.1 Å². The van der Waals surface area contributed by atoms with E-state index < -0.39 is 15.4 Å². The van der Waals surface area contributed by atoms with E-state index in [4.69, 9.17) is 10.9 Å². The maximum atomic E-state index is 11.5. The van der Waals surface area contributed by atoms with Crippen LogP contribution in [-0.4, -0.2) is 79.0 Å². The zero-order chi connectivity index (χ0) is 15.4. The molecule has 20 heavy (non-hydrogen) atoms. The third-order valence-electron chi connectivity index (χ3n) is 4.06. The van der Waals surface area contributed by atoms with Crippen LogP contribution in [0.1, 0.15) is 20.8 Å². The zero-order valence-electron chi connectivity index (χ0n) is 12.5. The Morgan fingerprint density at radius 3 is 2.30 bits per heavy atom. The standard InChI is InChI=1S/C12H26N4O3S/c1-4-20(18,19)10-9-15-5-7-16(8-6-15)12(2,3)11(13)14-17/h17H,4-10H2,1-3H3,(H2,13,14). The Morgan fingerprint density at radius 1 is 1.30 bits per heavy atom. The molecule has 0 bridgehead atoms. The third kappa shape index (κ3) is 4.32. The van der Waals surface area contributed by atoms with Crippen molar-refractivity contribution in [2.75, 3.05) is 44.2 Å². The van der Waals surface area contributed by atoms with Crippen molar-refractivity contribution in [3.63, 3.8) is 0 Å². The maximum absolute atomic E-state index is 11.5. The van der Waals surface area contributed by atoms with Crippen molar-refractivity contribution >= 4 is 15.7 Å². The fraction of sp³-hybridized carbons (Fsp3) is 0.917. The normalized spacial score (nSPS) is 20.2. The Balaban J connectivity index is 2.48. The molecule has 0 saturated carbocycles. The smallest absolute Gasteiger partial charge is 0.159 e. The highest BCUT2D eigenvalue weighted by atomic mass is 32.2. The van der Waals surface area contributed by atoms with Crippen LogP contribution in [-0.2, 0) is 9.84 Å². The van der Waals surface area contributed by atoms with E-state index in [1.54, 1.807) is 6.92 Å². The van der Waals surface area contributed by atoms with E-state index in [2.05, 4.69) is 15.0 Å². The minimum Gasteiger partial charge on any atom is -0.409 e. The summed E-state index contributed by atoms with van der Waals surface area (Å²) in [6, 6.07) is 0. The molecule has 0 unspecified atom stereocenters. The van der Waals surface area contributed by atoms with Gasteiger partial charge in [-0.3, -0.25) is 9.80 Å². The summed E-state index contributed by atoms with van der Waals surface area (Å²) < 4.78 is 23.0. The van der Waals surface area contributed by atoms with Gasteiger partial charge in [0.15, 0.2) is 15.7 Å². The molecular weight excluding hydrogens is 280 g/mol. The number of hydrogen-bond acceptors (Lipinski definition) is 6. The quantitative estimate of drug-likeness (QED) is 0.299. The lowest BCUT2D eigenvalue weighted by Gasteiger charge is -2.43. The van der Waals surface area contributed by atoms with Gasteiger partial charge in [-0.15, -0.1) is 0 Å². The number of amidine groups is 1. The SMILES string of the molecule is CCS(=O)(=O)CCN1CCN(C(C)(C)C(N)=NO)CC1. The second kappa shape index (κ2) is 6.73. The first-order valence-electron chi connectivity index (χ1n) is 6.88. The molecule has 1 aliphatic rings. The average Bonchev–Trinajstić information content (AvgIpc) is 2.44. The molecule has 0 aromatic rings. The number of sulfone groups is 1. The second-order valence-corrected chi connectivity index (χ2v) is 8.08. The Morgan fingerprint density at radius 2 is 1.85 bits per heavy atom. The van der Waals surface area contributed by atoms with Crippen LogP contribution in [0.5, 0.6) is 0 Å². The predicted molar refractivity (Wildman–Crippen MR) is 79.8 cm³/mol. The predicted octanol–water partition coefficient (Wildman–Crippen LogP) is -0.436. The van der Waals surface area contributed by atoms with Gasteiger partial charge in [-0.05, 0) is 13.8 Å². The summed E-state index contributed by atoms with van der Waals surface area (Å²) >= 11 is 0. The molecule has 1 rings (SSSR count). The van der Waals surface area contributed by atoms with E-state index in [1.807, 2.05) is 13.8 Å². The van der Waals surface area contributed by atoms with Gasteiger partial charge in [0, 0.05) is 38.5 Å². The molecule has 0 radical (unpaired) electrons. The molecule has 118 valence electrons. The van der Waals surface area contributed by atoms with Gasteiger partial charge in [-0.2, -0.15) is 0 Å². The van der Waals surface area contributed by atoms with E-state index >= 15 is 0 Å². The number of hydrogen-bond donors (Lipinski definition) is 2. The van der Waals surface area contributed by atoms with Crippen molar-refractivity contribution in [2.45, 2.75) is 26.3 Å². The van der Waals surface area contributed by atoms with Gasteiger partial charge in [0.05, 0.1) is 11.3 Å². The van der Waals surface area contributed by atoms with Crippen LogP contribution < -0.4 is 5.73 Å². The van der Waals surface area contributed by atoms with Crippen LogP contribution in [0.25, 0.3) is 0 Å². The molecule has 0 aromatic carbocycles. The first-order chi connectivity index (χ1) is 9.23. The molecule has 0 atom stereocenters. The Bertz CT molecular complexity index is 440. The highest BCUT2D eigenvalue weighted by Crippen LogP contribution is 2.17. The first kappa shape index (κ1) is 17.2. The molecule has 1 heterocycles. The molecule has 8 heteroatoms. The van der Waals surface area contributed by atoms with Crippen LogP contribution in [0.2, 0.25) is 0 Å². The molecule has 1 aliphatic heterocycles. The summed E-state index contributed by atoms with van der Waals surface area (Å²) in [5, 5.41) is 11.9. The first-order valence-corrected chi connectivity index (χ1v) is 8.71. The van der Waals surface area contributed by atoms with Gasteiger partial charge in [0.1, 0.15) is 0 Å². The molecule has 1 saturated heterocycles. The summed E-state index contributed by atoms with van der Waals surface area (Å²) in [5.74, 6) is 0.607. The van der Waals surface area contributed by atoms with Gasteiger partial charge < -0.3 is 10.9 Å². The summed E-state index contributed by atoms with van der Waals surface area (Å²) in [6.45, 7) is 9.22. The van der Waals surface area contributed by atoms with Gasteiger partial charge in [0.25, 0.3) is 0 Å². The van der Waals surface area contributed by atoms with E-state index in [0.29, 0.717) is 6.54 Å². The summed E-state index contributed by atoms with van der Waals surface area (Å²) in [6.07, 6.45) is 0. The Labute approximate surface area is 121 Å². The minimum absolute atomic E-state index is 0.194. The van der Waals surface area contributed by atoms with E-state index in [-0.39, 0.29) is 17.3 Å². The fourth-order valence-electron chi connectivity index (χ4n) is 2.23. The number of rotatable bonds is 6. The zero-order valence-corrected chi connectivity index (χ0v) is 13.4. The lowest BCUT2D eigenvalue weighted by atomic mass is 10.0. The van der Waals surface area contributed by atoms with Gasteiger partial charge in [0.2, 0.25) is 0 Å². The fourth-order valence-corrected chi connectivity index (χ4v) is 3.05. The third-order valence-corrected chi connectivity index (χ3v) is 5.74. The largest absolute Gasteiger partial charge is 0.409 e. The maximum Gasteiger partial charge on any atom is 0.159 e. The van der Waals surface area contributed by atoms with Crippen molar-refractivity contribution in [3.05, 3.63) is 0 Å². The van der Waals surface area contributed by atoms with Crippen molar-refractivity contribution in [1.82, 2.24) is 9.80 Å². The van der Waals surface area contributed by atoms with Crippen molar-refractivity contribution in [1.29, 1.82) is 0 Å². The topological polar surface area (TPSA) is 99.2 Å². The van der Waals surface area contributed by atoms with Crippen LogP contribution in [0, 0.1) is 0 Å². The number of piperazine rings is 1. The lowest BCUT2D eigenvalue weighted by molar-refractivity contribution is 0.0865. The summed E-state index contributed by atoms with van der Waals surface area (Å²) in [5.41, 5.74) is 5.23. The molecule has 0 amide bonds. The van der Waals surface area contributed by atoms with Crippen molar-refractivity contribution < 1.29 is 13.6 Å². The van der Waals surface area contributed by atoms with Crippen LogP contribution >= 0.6 is 0 Å². The molecule has 7 nitrogen and oxygen atoms in total. The van der Waals surface area contributed by atoms with Crippen molar-refractivity contribution in [2.24, 2.45) is 10.9 Å².